The highest BCUT2D eigenvalue weighted by molar-refractivity contribution is 6.06. The van der Waals surface area contributed by atoms with Crippen LogP contribution in [0.3, 0.4) is 0 Å². The van der Waals surface area contributed by atoms with E-state index in [2.05, 4.69) is 25.6 Å². The molecule has 110 valence electrons. The third kappa shape index (κ3) is 3.34. The summed E-state index contributed by atoms with van der Waals surface area (Å²) in [5, 5.41) is 5.72. The normalized spacial score (nSPS) is 10.5. The number of carbonyl (C=O) groups excluding carboxylic acids is 1. The lowest BCUT2D eigenvalue weighted by atomic mass is 10.2. The largest absolute Gasteiger partial charge is 0.385 e. The summed E-state index contributed by atoms with van der Waals surface area (Å²) in [4.78, 5) is 25.2. The lowest BCUT2D eigenvalue weighted by Gasteiger charge is -2.12. The first-order valence-corrected chi connectivity index (χ1v) is 6.80. The van der Waals surface area contributed by atoms with Gasteiger partial charge in [0.1, 0.15) is 11.6 Å². The molecule has 1 amide bonds. The van der Waals surface area contributed by atoms with Crippen molar-refractivity contribution < 1.29 is 4.79 Å². The molecule has 0 unspecified atom stereocenters. The SMILES string of the molecule is CNc1cnc(C(C)C)nc1C(=O)Nc1ncccc1C. The number of hydrogen-bond acceptors (Lipinski definition) is 5. The molecule has 0 bridgehead atoms. The summed E-state index contributed by atoms with van der Waals surface area (Å²) in [6.45, 7) is 5.86. The molecule has 6 heteroatoms. The highest BCUT2D eigenvalue weighted by atomic mass is 16.2. The van der Waals surface area contributed by atoms with Gasteiger partial charge in [-0.05, 0) is 18.6 Å². The van der Waals surface area contributed by atoms with E-state index in [1.165, 1.54) is 0 Å². The van der Waals surface area contributed by atoms with Gasteiger partial charge in [0.2, 0.25) is 0 Å². The number of carbonyl (C=O) groups is 1. The Kier molecular flexibility index (Phi) is 4.47. The van der Waals surface area contributed by atoms with Crippen LogP contribution in [0.4, 0.5) is 11.5 Å². The number of amides is 1. The zero-order valence-electron chi connectivity index (χ0n) is 12.6. The Morgan fingerprint density at radius 2 is 2.05 bits per heavy atom. The van der Waals surface area contributed by atoms with E-state index in [0.717, 1.165) is 5.56 Å². The van der Waals surface area contributed by atoms with Crippen LogP contribution in [0.15, 0.2) is 24.5 Å². The van der Waals surface area contributed by atoms with Crippen molar-refractivity contribution in [2.45, 2.75) is 26.7 Å². The number of aromatic nitrogens is 3. The summed E-state index contributed by atoms with van der Waals surface area (Å²) >= 11 is 0. The lowest BCUT2D eigenvalue weighted by Crippen LogP contribution is -2.19. The molecule has 0 aromatic carbocycles. The predicted octanol–water partition coefficient (Wildman–Crippen LogP) is 2.60. The molecule has 0 aliphatic rings. The van der Waals surface area contributed by atoms with Gasteiger partial charge in [-0.25, -0.2) is 15.0 Å². The Hall–Kier alpha value is -2.50. The van der Waals surface area contributed by atoms with Crippen molar-refractivity contribution >= 4 is 17.4 Å². The third-order valence-electron chi connectivity index (χ3n) is 3.05. The Morgan fingerprint density at radius 3 is 2.67 bits per heavy atom. The standard InChI is InChI=1S/C15H19N5O/c1-9(2)13-18-8-11(16-4)12(19-13)15(21)20-14-10(3)6-5-7-17-14/h5-9,16H,1-4H3,(H,17,20,21). The molecule has 0 aliphatic carbocycles. The minimum Gasteiger partial charge on any atom is -0.385 e. The molecule has 0 spiro atoms. The number of rotatable bonds is 4. The van der Waals surface area contributed by atoms with Crippen LogP contribution in [0.5, 0.6) is 0 Å². The van der Waals surface area contributed by atoms with E-state index >= 15 is 0 Å². The van der Waals surface area contributed by atoms with Crippen LogP contribution in [0.2, 0.25) is 0 Å². The van der Waals surface area contributed by atoms with Gasteiger partial charge in [0.15, 0.2) is 5.69 Å². The van der Waals surface area contributed by atoms with E-state index < -0.39 is 0 Å². The second kappa shape index (κ2) is 6.30. The van der Waals surface area contributed by atoms with Gasteiger partial charge in [0.25, 0.3) is 5.91 Å². The zero-order valence-corrected chi connectivity index (χ0v) is 12.6. The number of nitrogens with one attached hydrogen (secondary N) is 2. The topological polar surface area (TPSA) is 79.8 Å². The Balaban J connectivity index is 2.34. The van der Waals surface area contributed by atoms with E-state index in [9.17, 15) is 4.79 Å². The van der Waals surface area contributed by atoms with E-state index in [1.807, 2.05) is 32.9 Å². The van der Waals surface area contributed by atoms with Crippen molar-refractivity contribution in [2.75, 3.05) is 17.7 Å². The molecule has 0 saturated carbocycles. The molecule has 2 heterocycles. The Bertz CT molecular complexity index is 654. The summed E-state index contributed by atoms with van der Waals surface area (Å²) in [5.41, 5.74) is 1.81. The first-order chi connectivity index (χ1) is 10.0. The number of anilines is 2. The maximum absolute atomic E-state index is 12.4. The molecule has 21 heavy (non-hydrogen) atoms. The second-order valence-corrected chi connectivity index (χ2v) is 5.02. The minimum absolute atomic E-state index is 0.152. The lowest BCUT2D eigenvalue weighted by molar-refractivity contribution is 0.102. The fourth-order valence-corrected chi connectivity index (χ4v) is 1.81. The highest BCUT2D eigenvalue weighted by Gasteiger charge is 2.17. The molecule has 2 aromatic rings. The molecule has 6 nitrogen and oxygen atoms in total. The maximum Gasteiger partial charge on any atom is 0.277 e. The van der Waals surface area contributed by atoms with E-state index in [4.69, 9.17) is 0 Å². The van der Waals surface area contributed by atoms with Crippen LogP contribution in [0.1, 0.15) is 41.6 Å². The number of hydrogen-bond donors (Lipinski definition) is 2. The molecule has 0 radical (unpaired) electrons. The number of nitrogens with zero attached hydrogens (tertiary/aromatic N) is 3. The molecular formula is C15H19N5O. The van der Waals surface area contributed by atoms with Crippen LogP contribution in [-0.2, 0) is 0 Å². The Morgan fingerprint density at radius 1 is 1.29 bits per heavy atom. The van der Waals surface area contributed by atoms with Crippen molar-refractivity contribution in [2.24, 2.45) is 0 Å². The van der Waals surface area contributed by atoms with Crippen molar-refractivity contribution in [3.8, 4) is 0 Å². The Labute approximate surface area is 124 Å². The number of aryl methyl sites for hydroxylation is 1. The first-order valence-electron chi connectivity index (χ1n) is 6.80. The molecule has 2 rings (SSSR count). The van der Waals surface area contributed by atoms with Gasteiger partial charge >= 0.3 is 0 Å². The fraction of sp³-hybridized carbons (Fsp3) is 0.333. The van der Waals surface area contributed by atoms with Gasteiger partial charge in [-0.3, -0.25) is 4.79 Å². The van der Waals surface area contributed by atoms with Crippen molar-refractivity contribution in [1.82, 2.24) is 15.0 Å². The van der Waals surface area contributed by atoms with E-state index in [-0.39, 0.29) is 11.8 Å². The van der Waals surface area contributed by atoms with Crippen molar-refractivity contribution in [3.05, 3.63) is 41.6 Å². The van der Waals surface area contributed by atoms with Crippen LogP contribution < -0.4 is 10.6 Å². The van der Waals surface area contributed by atoms with Gasteiger partial charge in [0.05, 0.1) is 11.9 Å². The van der Waals surface area contributed by atoms with E-state index in [1.54, 1.807) is 19.4 Å². The van der Waals surface area contributed by atoms with Gasteiger partial charge in [-0.1, -0.05) is 19.9 Å². The molecule has 0 aliphatic heterocycles. The summed E-state index contributed by atoms with van der Waals surface area (Å²) in [7, 11) is 1.73. The number of pyridine rings is 1. The molecular weight excluding hydrogens is 266 g/mol. The summed E-state index contributed by atoms with van der Waals surface area (Å²) in [6, 6.07) is 3.71. The first kappa shape index (κ1) is 14.9. The van der Waals surface area contributed by atoms with Crippen LogP contribution in [0.25, 0.3) is 0 Å². The van der Waals surface area contributed by atoms with Crippen LogP contribution in [0, 0.1) is 6.92 Å². The third-order valence-corrected chi connectivity index (χ3v) is 3.05. The van der Waals surface area contributed by atoms with Gasteiger partial charge in [0, 0.05) is 19.2 Å². The highest BCUT2D eigenvalue weighted by Crippen LogP contribution is 2.18. The summed E-state index contributed by atoms with van der Waals surface area (Å²) < 4.78 is 0. The monoisotopic (exact) mass is 285 g/mol. The van der Waals surface area contributed by atoms with Crippen LogP contribution in [-0.4, -0.2) is 27.9 Å². The molecule has 2 aromatic heterocycles. The van der Waals surface area contributed by atoms with Crippen molar-refractivity contribution in [1.29, 1.82) is 0 Å². The zero-order chi connectivity index (χ0) is 15.4. The molecule has 2 N–H and O–H groups in total. The van der Waals surface area contributed by atoms with Gasteiger partial charge in [-0.15, -0.1) is 0 Å². The van der Waals surface area contributed by atoms with Crippen LogP contribution >= 0.6 is 0 Å². The summed E-state index contributed by atoms with van der Waals surface area (Å²) in [5.74, 6) is 1.02. The molecule has 0 atom stereocenters. The predicted molar refractivity (Wildman–Crippen MR) is 82.6 cm³/mol. The average Bonchev–Trinajstić information content (AvgIpc) is 2.48. The fourth-order valence-electron chi connectivity index (χ4n) is 1.81. The van der Waals surface area contributed by atoms with E-state index in [0.29, 0.717) is 23.0 Å². The maximum atomic E-state index is 12.4. The minimum atomic E-state index is -0.301. The van der Waals surface area contributed by atoms with Crippen molar-refractivity contribution in [3.63, 3.8) is 0 Å². The second-order valence-electron chi connectivity index (χ2n) is 5.02. The smallest absolute Gasteiger partial charge is 0.277 e. The average molecular weight is 285 g/mol. The molecule has 0 fully saturated rings. The molecule has 0 saturated heterocycles. The van der Waals surface area contributed by atoms with Gasteiger partial charge < -0.3 is 10.6 Å². The van der Waals surface area contributed by atoms with Gasteiger partial charge in [-0.2, -0.15) is 0 Å². The quantitative estimate of drug-likeness (QED) is 0.902. The summed E-state index contributed by atoms with van der Waals surface area (Å²) in [6.07, 6.45) is 3.27.